The SMILES string of the molecule is CCCn1ccc2cc(NC(=O)c3ccc(Cl)c(S(=O)(=O)NCC4CCCO4)c3)ccc21. The van der Waals surface area contributed by atoms with Gasteiger partial charge < -0.3 is 14.6 Å². The Kier molecular flexibility index (Phi) is 6.85. The summed E-state index contributed by atoms with van der Waals surface area (Å²) in [5.41, 5.74) is 1.94. The third kappa shape index (κ3) is 4.99. The van der Waals surface area contributed by atoms with Crippen molar-refractivity contribution in [2.45, 2.75) is 43.7 Å². The highest BCUT2D eigenvalue weighted by Gasteiger charge is 2.23. The lowest BCUT2D eigenvalue weighted by Gasteiger charge is -2.13. The average Bonchev–Trinajstić information content (AvgIpc) is 3.43. The summed E-state index contributed by atoms with van der Waals surface area (Å²) in [5, 5.41) is 3.92. The van der Waals surface area contributed by atoms with Crippen molar-refractivity contribution in [3.05, 3.63) is 59.2 Å². The molecule has 2 N–H and O–H groups in total. The van der Waals surface area contributed by atoms with Crippen LogP contribution in [0.5, 0.6) is 0 Å². The molecule has 3 aromatic rings. The number of hydrogen-bond acceptors (Lipinski definition) is 4. The largest absolute Gasteiger partial charge is 0.377 e. The second-order valence-corrected chi connectivity index (χ2v) is 10.0. The normalized spacial score (nSPS) is 16.5. The Balaban J connectivity index is 1.51. The predicted molar refractivity (Wildman–Crippen MR) is 126 cm³/mol. The molecule has 0 spiro atoms. The summed E-state index contributed by atoms with van der Waals surface area (Å²) in [7, 11) is -3.88. The highest BCUT2D eigenvalue weighted by molar-refractivity contribution is 7.89. The molecule has 2 heterocycles. The lowest BCUT2D eigenvalue weighted by atomic mass is 10.2. The number of halogens is 1. The first kappa shape index (κ1) is 22.8. The number of aryl methyl sites for hydroxylation is 1. The number of sulfonamides is 1. The topological polar surface area (TPSA) is 89.4 Å². The Hall–Kier alpha value is -2.39. The zero-order valence-corrected chi connectivity index (χ0v) is 19.4. The van der Waals surface area contributed by atoms with Crippen molar-refractivity contribution in [2.75, 3.05) is 18.5 Å². The molecule has 4 rings (SSSR count). The van der Waals surface area contributed by atoms with Gasteiger partial charge in [0.15, 0.2) is 0 Å². The van der Waals surface area contributed by atoms with Gasteiger partial charge in [0.05, 0.1) is 11.1 Å². The molecular formula is C23H26ClN3O4S. The number of ether oxygens (including phenoxy) is 1. The van der Waals surface area contributed by atoms with E-state index in [0.717, 1.165) is 36.7 Å². The van der Waals surface area contributed by atoms with Crippen molar-refractivity contribution in [2.24, 2.45) is 0 Å². The van der Waals surface area contributed by atoms with Gasteiger partial charge in [0.25, 0.3) is 5.91 Å². The minimum absolute atomic E-state index is 0.0556. The number of aromatic nitrogens is 1. The Morgan fingerprint density at radius 2 is 2.06 bits per heavy atom. The lowest BCUT2D eigenvalue weighted by Crippen LogP contribution is -2.32. The van der Waals surface area contributed by atoms with Gasteiger partial charge >= 0.3 is 0 Å². The monoisotopic (exact) mass is 475 g/mol. The molecular weight excluding hydrogens is 450 g/mol. The fourth-order valence-electron chi connectivity index (χ4n) is 3.85. The van der Waals surface area contributed by atoms with Gasteiger partial charge in [-0.15, -0.1) is 0 Å². The van der Waals surface area contributed by atoms with E-state index < -0.39 is 15.9 Å². The number of benzene rings is 2. The number of anilines is 1. The molecule has 1 aromatic heterocycles. The van der Waals surface area contributed by atoms with E-state index in [1.165, 1.54) is 18.2 Å². The van der Waals surface area contributed by atoms with Gasteiger partial charge in [-0.1, -0.05) is 18.5 Å². The van der Waals surface area contributed by atoms with Gasteiger partial charge in [-0.05, 0) is 61.7 Å². The smallest absolute Gasteiger partial charge is 0.255 e. The van der Waals surface area contributed by atoms with E-state index in [0.29, 0.717) is 12.3 Å². The van der Waals surface area contributed by atoms with Gasteiger partial charge in [-0.25, -0.2) is 13.1 Å². The number of nitrogens with zero attached hydrogens (tertiary/aromatic N) is 1. The van der Waals surface area contributed by atoms with Crippen LogP contribution in [0.1, 0.15) is 36.5 Å². The fraction of sp³-hybridized carbons (Fsp3) is 0.348. The maximum Gasteiger partial charge on any atom is 0.255 e. The minimum Gasteiger partial charge on any atom is -0.377 e. The van der Waals surface area contributed by atoms with E-state index in [-0.39, 0.29) is 28.1 Å². The number of rotatable bonds is 8. The zero-order valence-electron chi connectivity index (χ0n) is 17.8. The van der Waals surface area contributed by atoms with E-state index in [1.54, 1.807) is 0 Å². The van der Waals surface area contributed by atoms with E-state index in [1.807, 2.05) is 30.5 Å². The highest BCUT2D eigenvalue weighted by Crippen LogP contribution is 2.25. The van der Waals surface area contributed by atoms with Gasteiger partial charge in [0.2, 0.25) is 10.0 Å². The Bertz CT molecular complexity index is 1230. The predicted octanol–water partition coefficient (Wildman–Crippen LogP) is 4.41. The average molecular weight is 476 g/mol. The summed E-state index contributed by atoms with van der Waals surface area (Å²) >= 11 is 6.15. The first-order chi connectivity index (χ1) is 15.4. The van der Waals surface area contributed by atoms with Crippen LogP contribution in [-0.2, 0) is 21.3 Å². The molecule has 0 aliphatic carbocycles. The second kappa shape index (κ2) is 9.62. The quantitative estimate of drug-likeness (QED) is 0.505. The van der Waals surface area contributed by atoms with Gasteiger partial charge in [-0.3, -0.25) is 4.79 Å². The number of hydrogen-bond donors (Lipinski definition) is 2. The van der Waals surface area contributed by atoms with Crippen molar-refractivity contribution in [3.63, 3.8) is 0 Å². The van der Waals surface area contributed by atoms with E-state index in [4.69, 9.17) is 16.3 Å². The van der Waals surface area contributed by atoms with E-state index >= 15 is 0 Å². The first-order valence-corrected chi connectivity index (χ1v) is 12.5. The molecule has 170 valence electrons. The standard InChI is InChI=1S/C23H26ClN3O4S/c1-2-10-27-11-9-16-13-18(6-8-21(16)27)26-23(28)17-5-7-20(24)22(14-17)32(29,30)25-15-19-4-3-12-31-19/h5-9,11,13-14,19,25H,2-4,10,12,15H2,1H3,(H,26,28). The summed E-state index contributed by atoms with van der Waals surface area (Å²) in [6.07, 6.45) is 4.65. The molecule has 0 bridgehead atoms. The molecule has 2 aromatic carbocycles. The first-order valence-electron chi connectivity index (χ1n) is 10.7. The highest BCUT2D eigenvalue weighted by atomic mass is 35.5. The van der Waals surface area contributed by atoms with Gasteiger partial charge in [0, 0.05) is 48.0 Å². The van der Waals surface area contributed by atoms with Gasteiger partial charge in [0.1, 0.15) is 4.90 Å². The molecule has 9 heteroatoms. The maximum atomic E-state index is 12.8. The number of carbonyl (C=O) groups is 1. The zero-order chi connectivity index (χ0) is 22.7. The van der Waals surface area contributed by atoms with E-state index in [2.05, 4.69) is 21.5 Å². The molecule has 1 atom stereocenters. The van der Waals surface area contributed by atoms with Crippen molar-refractivity contribution in [1.29, 1.82) is 0 Å². The third-order valence-corrected chi connectivity index (χ3v) is 7.41. The van der Waals surface area contributed by atoms with Crippen LogP contribution in [0, 0.1) is 0 Å². The van der Waals surface area contributed by atoms with E-state index in [9.17, 15) is 13.2 Å². The molecule has 32 heavy (non-hydrogen) atoms. The van der Waals surface area contributed by atoms with Crippen LogP contribution >= 0.6 is 11.6 Å². The summed E-state index contributed by atoms with van der Waals surface area (Å²) in [4.78, 5) is 12.7. The number of carbonyl (C=O) groups excluding carboxylic acids is 1. The Labute approximate surface area is 192 Å². The van der Waals surface area contributed by atoms with Crippen molar-refractivity contribution in [3.8, 4) is 0 Å². The van der Waals surface area contributed by atoms with Crippen LogP contribution in [0.3, 0.4) is 0 Å². The lowest BCUT2D eigenvalue weighted by molar-refractivity contribution is 0.102. The third-order valence-electron chi connectivity index (χ3n) is 5.50. The molecule has 1 saturated heterocycles. The van der Waals surface area contributed by atoms with Crippen LogP contribution in [0.4, 0.5) is 5.69 Å². The molecule has 0 radical (unpaired) electrons. The number of fused-ring (bicyclic) bond motifs is 1. The summed E-state index contributed by atoms with van der Waals surface area (Å²) in [6.45, 7) is 3.86. The molecule has 1 aliphatic rings. The molecule has 1 fully saturated rings. The Morgan fingerprint density at radius 1 is 1.22 bits per heavy atom. The molecule has 1 unspecified atom stereocenters. The number of amides is 1. The minimum atomic E-state index is -3.88. The van der Waals surface area contributed by atoms with Crippen LogP contribution in [0.15, 0.2) is 53.6 Å². The fourth-order valence-corrected chi connectivity index (χ4v) is 5.44. The Morgan fingerprint density at radius 3 is 2.81 bits per heavy atom. The van der Waals surface area contributed by atoms with Crippen LogP contribution < -0.4 is 10.0 Å². The maximum absolute atomic E-state index is 12.8. The van der Waals surface area contributed by atoms with Crippen LogP contribution in [0.2, 0.25) is 5.02 Å². The number of nitrogens with one attached hydrogen (secondary N) is 2. The molecule has 1 amide bonds. The molecule has 1 aliphatic heterocycles. The van der Waals surface area contributed by atoms with Crippen LogP contribution in [0.25, 0.3) is 10.9 Å². The van der Waals surface area contributed by atoms with Crippen molar-refractivity contribution >= 4 is 44.1 Å². The van der Waals surface area contributed by atoms with Crippen LogP contribution in [-0.4, -0.2) is 38.1 Å². The second-order valence-electron chi connectivity index (χ2n) is 7.87. The van der Waals surface area contributed by atoms with Crippen molar-refractivity contribution < 1.29 is 17.9 Å². The summed E-state index contributed by atoms with van der Waals surface area (Å²) in [5.74, 6) is -0.412. The molecule has 0 saturated carbocycles. The van der Waals surface area contributed by atoms with Crippen molar-refractivity contribution in [1.82, 2.24) is 9.29 Å². The van der Waals surface area contributed by atoms with Gasteiger partial charge in [-0.2, -0.15) is 0 Å². The molecule has 7 nitrogen and oxygen atoms in total. The summed E-state index contributed by atoms with van der Waals surface area (Å²) in [6, 6.07) is 11.9. The summed E-state index contributed by atoms with van der Waals surface area (Å²) < 4.78 is 35.7.